The minimum absolute atomic E-state index is 0.342. The predicted molar refractivity (Wildman–Crippen MR) is 96.4 cm³/mol. The van der Waals surface area contributed by atoms with E-state index in [2.05, 4.69) is 9.97 Å². The highest BCUT2D eigenvalue weighted by Crippen LogP contribution is 2.34. The lowest BCUT2D eigenvalue weighted by molar-refractivity contribution is 0.0924. The minimum Gasteiger partial charge on any atom is -0.268 e. The Bertz CT molecular complexity index is 1150. The van der Waals surface area contributed by atoms with Crippen LogP contribution >= 0.6 is 0 Å². The van der Waals surface area contributed by atoms with E-state index in [4.69, 9.17) is 0 Å². The van der Waals surface area contributed by atoms with Crippen molar-refractivity contribution >= 4 is 28.5 Å². The number of nitrogens with zero attached hydrogens (tertiary/aromatic N) is 4. The average molecular weight is 340 g/mol. The Hall–Kier alpha value is -3.80. The molecule has 0 bridgehead atoms. The fraction of sp³-hybridized carbons (Fsp3) is 0. The monoisotopic (exact) mass is 340 g/mol. The van der Waals surface area contributed by atoms with Crippen LogP contribution < -0.4 is 4.90 Å². The molecule has 0 N–H and O–H groups in total. The summed E-state index contributed by atoms with van der Waals surface area (Å²) in [6, 6.07) is 18.0. The number of hydrogen-bond donors (Lipinski definition) is 0. The number of anilines is 1. The molecular formula is C20H12N4O2. The number of rotatable bonds is 2. The van der Waals surface area contributed by atoms with Gasteiger partial charge in [0, 0.05) is 17.8 Å². The molecule has 1 aliphatic rings. The van der Waals surface area contributed by atoms with Gasteiger partial charge in [-0.25, -0.2) is 14.9 Å². The zero-order valence-electron chi connectivity index (χ0n) is 13.5. The summed E-state index contributed by atoms with van der Waals surface area (Å²) in [6.07, 6.45) is 3.26. The van der Waals surface area contributed by atoms with Gasteiger partial charge < -0.3 is 0 Å². The van der Waals surface area contributed by atoms with Crippen molar-refractivity contribution in [3.63, 3.8) is 0 Å². The quantitative estimate of drug-likeness (QED) is 0.526. The van der Waals surface area contributed by atoms with Crippen LogP contribution in [0, 0.1) is 0 Å². The van der Waals surface area contributed by atoms with E-state index in [9.17, 15) is 9.59 Å². The molecule has 4 aromatic rings. The highest BCUT2D eigenvalue weighted by Gasteiger charge is 2.38. The maximum atomic E-state index is 12.9. The van der Waals surface area contributed by atoms with Gasteiger partial charge in [-0.05, 0) is 30.3 Å². The van der Waals surface area contributed by atoms with E-state index in [1.165, 1.54) is 4.90 Å². The van der Waals surface area contributed by atoms with Crippen LogP contribution in [0.15, 0.2) is 73.1 Å². The SMILES string of the molecule is O=C1c2ccccc2C(=O)N1c1cc2ccccc2n1-c1ncccn1. The van der Waals surface area contributed by atoms with Crippen LogP contribution in [0.2, 0.25) is 0 Å². The number of para-hydroxylation sites is 1. The summed E-state index contributed by atoms with van der Waals surface area (Å²) in [5, 5.41) is 0.895. The van der Waals surface area contributed by atoms with Crippen LogP contribution in [0.1, 0.15) is 20.7 Å². The number of aromatic nitrogens is 3. The lowest BCUT2D eigenvalue weighted by atomic mass is 10.1. The molecule has 26 heavy (non-hydrogen) atoms. The molecule has 124 valence electrons. The lowest BCUT2D eigenvalue weighted by Gasteiger charge is -2.16. The standard InChI is InChI=1S/C20H12N4O2/c25-18-14-7-2-3-8-15(14)19(26)24(18)17-12-13-6-1-4-9-16(13)23(17)20-21-10-5-11-22-20/h1-12H. The smallest absolute Gasteiger partial charge is 0.267 e. The Morgan fingerprint density at radius 1 is 0.731 bits per heavy atom. The zero-order chi connectivity index (χ0) is 17.7. The molecule has 6 heteroatoms. The third kappa shape index (κ3) is 1.92. The molecule has 0 aliphatic carbocycles. The number of imide groups is 1. The lowest BCUT2D eigenvalue weighted by Crippen LogP contribution is -2.31. The summed E-state index contributed by atoms with van der Waals surface area (Å²) in [5.74, 6) is 0.153. The van der Waals surface area contributed by atoms with E-state index in [1.54, 1.807) is 47.3 Å². The van der Waals surface area contributed by atoms with Crippen LogP contribution in [-0.4, -0.2) is 26.3 Å². The molecule has 0 atom stereocenters. The summed E-state index contributed by atoms with van der Waals surface area (Å²) in [6.45, 7) is 0. The maximum absolute atomic E-state index is 12.9. The largest absolute Gasteiger partial charge is 0.268 e. The van der Waals surface area contributed by atoms with Crippen molar-refractivity contribution in [1.82, 2.24) is 14.5 Å². The van der Waals surface area contributed by atoms with Crippen LogP contribution in [0.5, 0.6) is 0 Å². The van der Waals surface area contributed by atoms with Crippen LogP contribution in [0.25, 0.3) is 16.9 Å². The summed E-state index contributed by atoms with van der Waals surface area (Å²) in [7, 11) is 0. The normalized spacial score (nSPS) is 13.5. The Balaban J connectivity index is 1.79. The Morgan fingerprint density at radius 2 is 1.35 bits per heavy atom. The van der Waals surface area contributed by atoms with E-state index in [-0.39, 0.29) is 11.8 Å². The number of hydrogen-bond acceptors (Lipinski definition) is 4. The van der Waals surface area contributed by atoms with Crippen molar-refractivity contribution in [2.24, 2.45) is 0 Å². The van der Waals surface area contributed by atoms with Gasteiger partial charge in [-0.3, -0.25) is 14.2 Å². The van der Waals surface area contributed by atoms with E-state index in [1.807, 2.05) is 30.3 Å². The van der Waals surface area contributed by atoms with Crippen molar-refractivity contribution in [3.8, 4) is 5.95 Å². The Morgan fingerprint density at radius 3 is 2.04 bits per heavy atom. The van der Waals surface area contributed by atoms with Gasteiger partial charge in [0.1, 0.15) is 5.82 Å². The van der Waals surface area contributed by atoms with Crippen molar-refractivity contribution in [3.05, 3.63) is 84.2 Å². The van der Waals surface area contributed by atoms with E-state index in [0.29, 0.717) is 22.9 Å². The number of fused-ring (bicyclic) bond motifs is 2. The second-order valence-corrected chi connectivity index (χ2v) is 5.94. The van der Waals surface area contributed by atoms with Gasteiger partial charge in [0.25, 0.3) is 11.8 Å². The zero-order valence-corrected chi connectivity index (χ0v) is 13.5. The number of carbonyl (C=O) groups is 2. The first-order chi connectivity index (χ1) is 12.8. The van der Waals surface area contributed by atoms with Gasteiger partial charge in [-0.2, -0.15) is 0 Å². The van der Waals surface area contributed by atoms with Crippen LogP contribution in [0.3, 0.4) is 0 Å². The van der Waals surface area contributed by atoms with Gasteiger partial charge in [0.15, 0.2) is 0 Å². The Labute approximate surface area is 148 Å². The van der Waals surface area contributed by atoms with Gasteiger partial charge in [0.2, 0.25) is 5.95 Å². The third-order valence-electron chi connectivity index (χ3n) is 4.47. The summed E-state index contributed by atoms with van der Waals surface area (Å²) < 4.78 is 1.73. The summed E-state index contributed by atoms with van der Waals surface area (Å²) in [5.41, 5.74) is 1.64. The first-order valence-corrected chi connectivity index (χ1v) is 8.11. The van der Waals surface area contributed by atoms with E-state index < -0.39 is 0 Å². The maximum Gasteiger partial charge on any atom is 0.267 e. The number of amides is 2. The topological polar surface area (TPSA) is 68.1 Å². The van der Waals surface area contributed by atoms with E-state index >= 15 is 0 Å². The summed E-state index contributed by atoms with van der Waals surface area (Å²) in [4.78, 5) is 35.6. The Kier molecular flexibility index (Phi) is 2.99. The second-order valence-electron chi connectivity index (χ2n) is 5.94. The molecule has 0 unspecified atom stereocenters. The molecule has 0 saturated heterocycles. The van der Waals surface area contributed by atoms with Crippen molar-refractivity contribution in [2.75, 3.05) is 4.90 Å². The first kappa shape index (κ1) is 14.5. The fourth-order valence-electron chi connectivity index (χ4n) is 3.32. The van der Waals surface area contributed by atoms with Crippen LogP contribution in [0.4, 0.5) is 5.82 Å². The molecular weight excluding hydrogens is 328 g/mol. The predicted octanol–water partition coefficient (Wildman–Crippen LogP) is 3.22. The summed E-state index contributed by atoms with van der Waals surface area (Å²) >= 11 is 0. The van der Waals surface area contributed by atoms with E-state index in [0.717, 1.165) is 10.9 Å². The fourth-order valence-corrected chi connectivity index (χ4v) is 3.32. The van der Waals surface area contributed by atoms with Crippen molar-refractivity contribution < 1.29 is 9.59 Å². The molecule has 2 aromatic heterocycles. The highest BCUT2D eigenvalue weighted by atomic mass is 16.2. The molecule has 0 radical (unpaired) electrons. The average Bonchev–Trinajstić information content (AvgIpc) is 3.18. The van der Waals surface area contributed by atoms with Gasteiger partial charge in [0.05, 0.1) is 16.6 Å². The molecule has 3 heterocycles. The van der Waals surface area contributed by atoms with Gasteiger partial charge >= 0.3 is 0 Å². The number of carbonyl (C=O) groups excluding carboxylic acids is 2. The molecule has 6 nitrogen and oxygen atoms in total. The molecule has 1 aliphatic heterocycles. The third-order valence-corrected chi connectivity index (χ3v) is 4.47. The highest BCUT2D eigenvalue weighted by molar-refractivity contribution is 6.34. The molecule has 0 fully saturated rings. The minimum atomic E-state index is -0.342. The van der Waals surface area contributed by atoms with Crippen molar-refractivity contribution in [2.45, 2.75) is 0 Å². The number of benzene rings is 2. The molecule has 0 saturated carbocycles. The molecule has 2 aromatic carbocycles. The molecule has 0 spiro atoms. The second kappa shape index (κ2) is 5.35. The first-order valence-electron chi connectivity index (χ1n) is 8.11. The molecule has 2 amide bonds. The van der Waals surface area contributed by atoms with Gasteiger partial charge in [-0.15, -0.1) is 0 Å². The van der Waals surface area contributed by atoms with Gasteiger partial charge in [-0.1, -0.05) is 30.3 Å². The molecule has 5 rings (SSSR count). The van der Waals surface area contributed by atoms with Crippen LogP contribution in [-0.2, 0) is 0 Å². The van der Waals surface area contributed by atoms with Crippen molar-refractivity contribution in [1.29, 1.82) is 0 Å².